The summed E-state index contributed by atoms with van der Waals surface area (Å²) in [5, 5.41) is 12.4. The molecule has 2 rings (SSSR count). The number of rotatable bonds is 7. The van der Waals surface area contributed by atoms with Gasteiger partial charge in [0.25, 0.3) is 5.91 Å². The van der Waals surface area contributed by atoms with Gasteiger partial charge >= 0.3 is 0 Å². The van der Waals surface area contributed by atoms with Crippen molar-refractivity contribution in [1.82, 2.24) is 14.2 Å². The standard InChI is InChI=1S/C18H25N3O4S/c1-5-21(6-2)26(24,25)16-11-17(20(4)12-16)18(23)19-13(3)14-8-7-9-15(22)10-14/h7-13,22H,5-6H2,1-4H3,(H,19,23). The summed E-state index contributed by atoms with van der Waals surface area (Å²) < 4.78 is 28.1. The van der Waals surface area contributed by atoms with Crippen LogP contribution in [0.5, 0.6) is 5.75 Å². The van der Waals surface area contributed by atoms with Crippen LogP contribution in [-0.2, 0) is 17.1 Å². The Balaban J connectivity index is 2.24. The molecule has 0 aliphatic rings. The molecule has 0 aliphatic carbocycles. The maximum atomic E-state index is 12.6. The average molecular weight is 379 g/mol. The molecule has 142 valence electrons. The van der Waals surface area contributed by atoms with Crippen LogP contribution >= 0.6 is 0 Å². The Hall–Kier alpha value is -2.32. The minimum absolute atomic E-state index is 0.0962. The van der Waals surface area contributed by atoms with E-state index in [0.717, 1.165) is 5.56 Å². The van der Waals surface area contributed by atoms with Crippen molar-refractivity contribution in [2.75, 3.05) is 13.1 Å². The monoisotopic (exact) mass is 379 g/mol. The Morgan fingerprint density at radius 3 is 2.50 bits per heavy atom. The quantitative estimate of drug-likeness (QED) is 0.772. The molecule has 1 heterocycles. The molecule has 2 aromatic rings. The Labute approximate surface area is 154 Å². The summed E-state index contributed by atoms with van der Waals surface area (Å²) in [6.07, 6.45) is 1.45. The van der Waals surface area contributed by atoms with Gasteiger partial charge in [0.1, 0.15) is 16.3 Å². The molecule has 0 fully saturated rings. The molecule has 0 bridgehead atoms. The van der Waals surface area contributed by atoms with Gasteiger partial charge in [0.05, 0.1) is 6.04 Å². The second-order valence-electron chi connectivity index (χ2n) is 6.05. The van der Waals surface area contributed by atoms with Gasteiger partial charge in [-0.15, -0.1) is 0 Å². The van der Waals surface area contributed by atoms with Crippen molar-refractivity contribution in [3.8, 4) is 5.75 Å². The zero-order valence-corrected chi connectivity index (χ0v) is 16.2. The van der Waals surface area contributed by atoms with Crippen molar-refractivity contribution in [2.24, 2.45) is 7.05 Å². The summed E-state index contributed by atoms with van der Waals surface area (Å²) in [5.74, 6) is -0.264. The summed E-state index contributed by atoms with van der Waals surface area (Å²) in [4.78, 5) is 12.7. The zero-order valence-electron chi connectivity index (χ0n) is 15.4. The predicted molar refractivity (Wildman–Crippen MR) is 99.5 cm³/mol. The normalized spacial score (nSPS) is 13.0. The van der Waals surface area contributed by atoms with Crippen molar-refractivity contribution >= 4 is 15.9 Å². The van der Waals surface area contributed by atoms with Crippen LogP contribution in [0, 0.1) is 0 Å². The second kappa shape index (κ2) is 7.92. The third-order valence-corrected chi connectivity index (χ3v) is 6.29. The van der Waals surface area contributed by atoms with E-state index in [1.54, 1.807) is 52.1 Å². The molecule has 26 heavy (non-hydrogen) atoms. The van der Waals surface area contributed by atoms with E-state index in [4.69, 9.17) is 0 Å². The number of carbonyl (C=O) groups is 1. The molecule has 2 N–H and O–H groups in total. The lowest BCUT2D eigenvalue weighted by Gasteiger charge is -2.17. The minimum atomic E-state index is -3.62. The van der Waals surface area contributed by atoms with Crippen molar-refractivity contribution < 1.29 is 18.3 Å². The molecule has 0 spiro atoms. The smallest absolute Gasteiger partial charge is 0.268 e. The number of benzene rings is 1. The topological polar surface area (TPSA) is 91.6 Å². The molecular formula is C18H25N3O4S. The number of amides is 1. The van der Waals surface area contributed by atoms with Gasteiger partial charge in [-0.3, -0.25) is 4.79 Å². The lowest BCUT2D eigenvalue weighted by Crippen LogP contribution is -2.30. The van der Waals surface area contributed by atoms with E-state index in [9.17, 15) is 18.3 Å². The van der Waals surface area contributed by atoms with Gasteiger partial charge in [-0.1, -0.05) is 26.0 Å². The zero-order chi connectivity index (χ0) is 19.5. The maximum Gasteiger partial charge on any atom is 0.268 e. The van der Waals surface area contributed by atoms with Crippen molar-refractivity contribution in [1.29, 1.82) is 0 Å². The van der Waals surface area contributed by atoms with Gasteiger partial charge in [-0.25, -0.2) is 8.42 Å². The van der Waals surface area contributed by atoms with Crippen LogP contribution in [0.1, 0.15) is 42.9 Å². The fourth-order valence-corrected chi connectivity index (χ4v) is 4.29. The van der Waals surface area contributed by atoms with E-state index in [0.29, 0.717) is 13.1 Å². The molecule has 8 heteroatoms. The summed E-state index contributed by atoms with van der Waals surface area (Å²) >= 11 is 0. The first-order valence-corrected chi connectivity index (χ1v) is 9.91. The Kier molecular flexibility index (Phi) is 6.09. The van der Waals surface area contributed by atoms with Crippen LogP contribution in [0.4, 0.5) is 0 Å². The third kappa shape index (κ3) is 4.08. The highest BCUT2D eigenvalue weighted by Gasteiger charge is 2.25. The van der Waals surface area contributed by atoms with Crippen LogP contribution in [-0.4, -0.2) is 41.4 Å². The first kappa shape index (κ1) is 20.0. The summed E-state index contributed by atoms with van der Waals surface area (Å²) in [7, 11) is -1.99. The molecule has 0 aliphatic heterocycles. The molecular weight excluding hydrogens is 354 g/mol. The van der Waals surface area contributed by atoms with Crippen LogP contribution in [0.2, 0.25) is 0 Å². The van der Waals surface area contributed by atoms with E-state index in [1.807, 2.05) is 0 Å². The Morgan fingerprint density at radius 2 is 1.92 bits per heavy atom. The number of nitrogens with one attached hydrogen (secondary N) is 1. The van der Waals surface area contributed by atoms with Crippen LogP contribution < -0.4 is 5.32 Å². The van der Waals surface area contributed by atoms with Crippen molar-refractivity contribution in [3.05, 3.63) is 47.8 Å². The summed E-state index contributed by atoms with van der Waals surface area (Å²) in [5.41, 5.74) is 1.01. The molecule has 1 aromatic heterocycles. The number of hydrogen-bond donors (Lipinski definition) is 2. The molecule has 1 aromatic carbocycles. The fraction of sp³-hybridized carbons (Fsp3) is 0.389. The number of aromatic nitrogens is 1. The SMILES string of the molecule is CCN(CC)S(=O)(=O)c1cc(C(=O)NC(C)c2cccc(O)c2)n(C)c1. The van der Waals surface area contributed by atoms with Gasteiger partial charge in [0, 0.05) is 26.3 Å². The van der Waals surface area contributed by atoms with Crippen molar-refractivity contribution in [3.63, 3.8) is 0 Å². The number of carbonyl (C=O) groups excluding carboxylic acids is 1. The van der Waals surface area contributed by atoms with Gasteiger partial charge < -0.3 is 15.0 Å². The highest BCUT2D eigenvalue weighted by atomic mass is 32.2. The fourth-order valence-electron chi connectivity index (χ4n) is 2.76. The second-order valence-corrected chi connectivity index (χ2v) is 7.99. The van der Waals surface area contributed by atoms with Crippen molar-refractivity contribution in [2.45, 2.75) is 31.7 Å². The molecule has 7 nitrogen and oxygen atoms in total. The number of aromatic hydroxyl groups is 1. The van der Waals surface area contributed by atoms with E-state index in [2.05, 4.69) is 5.32 Å². The van der Waals surface area contributed by atoms with E-state index < -0.39 is 10.0 Å². The van der Waals surface area contributed by atoms with Gasteiger partial charge in [-0.05, 0) is 30.7 Å². The number of phenolic OH excluding ortho intramolecular Hbond substituents is 1. The van der Waals surface area contributed by atoms with E-state index >= 15 is 0 Å². The molecule has 0 saturated carbocycles. The molecule has 0 saturated heterocycles. The number of sulfonamides is 1. The number of nitrogens with zero attached hydrogens (tertiary/aromatic N) is 2. The van der Waals surface area contributed by atoms with Crippen LogP contribution in [0.25, 0.3) is 0 Å². The Morgan fingerprint density at radius 1 is 1.27 bits per heavy atom. The molecule has 1 amide bonds. The highest BCUT2D eigenvalue weighted by Crippen LogP contribution is 2.21. The maximum absolute atomic E-state index is 12.6. The number of hydrogen-bond acceptors (Lipinski definition) is 4. The molecule has 1 atom stereocenters. The Bertz CT molecular complexity index is 886. The van der Waals surface area contributed by atoms with Gasteiger partial charge in [0.2, 0.25) is 10.0 Å². The molecule has 0 radical (unpaired) electrons. The minimum Gasteiger partial charge on any atom is -0.508 e. The average Bonchev–Trinajstić information content (AvgIpc) is 2.98. The first-order chi connectivity index (χ1) is 12.2. The highest BCUT2D eigenvalue weighted by molar-refractivity contribution is 7.89. The van der Waals surface area contributed by atoms with Gasteiger partial charge in [0.15, 0.2) is 0 Å². The predicted octanol–water partition coefficient (Wildman–Crippen LogP) is 2.25. The lowest BCUT2D eigenvalue weighted by atomic mass is 10.1. The van der Waals surface area contributed by atoms with Gasteiger partial charge in [-0.2, -0.15) is 4.31 Å². The molecule has 1 unspecified atom stereocenters. The third-order valence-electron chi connectivity index (χ3n) is 4.27. The largest absolute Gasteiger partial charge is 0.508 e. The van der Waals surface area contributed by atoms with Crippen LogP contribution in [0.3, 0.4) is 0 Å². The number of aryl methyl sites for hydroxylation is 1. The van der Waals surface area contributed by atoms with E-state index in [-0.39, 0.29) is 28.3 Å². The van der Waals surface area contributed by atoms with Crippen LogP contribution in [0.15, 0.2) is 41.4 Å². The summed E-state index contributed by atoms with van der Waals surface area (Å²) in [6, 6.07) is 7.67. The summed E-state index contributed by atoms with van der Waals surface area (Å²) in [6.45, 7) is 6.07. The number of phenols is 1. The first-order valence-electron chi connectivity index (χ1n) is 8.47. The van der Waals surface area contributed by atoms with E-state index in [1.165, 1.54) is 21.1 Å². The lowest BCUT2D eigenvalue weighted by molar-refractivity contribution is 0.0931.